The second-order valence-electron chi connectivity index (χ2n) is 5.51. The molecular formula is C15H19N5O4. The fraction of sp³-hybridized carbons (Fsp3) is 0.467. The van der Waals surface area contributed by atoms with Crippen molar-refractivity contribution in [2.75, 3.05) is 32.2 Å². The molecule has 1 atom stereocenters. The van der Waals surface area contributed by atoms with Crippen LogP contribution in [0, 0.1) is 0 Å². The summed E-state index contributed by atoms with van der Waals surface area (Å²) in [4.78, 5) is 22.5. The molecule has 128 valence electrons. The van der Waals surface area contributed by atoms with Gasteiger partial charge in [-0.3, -0.25) is 4.79 Å². The maximum absolute atomic E-state index is 12.4. The van der Waals surface area contributed by atoms with Gasteiger partial charge in [0, 0.05) is 26.3 Å². The lowest BCUT2D eigenvalue weighted by molar-refractivity contribution is 0.198. The predicted octanol–water partition coefficient (Wildman–Crippen LogP) is -0.175. The first kappa shape index (κ1) is 16.2. The Hall–Kier alpha value is -2.68. The fourth-order valence-corrected chi connectivity index (χ4v) is 2.69. The Morgan fingerprint density at radius 3 is 2.75 bits per heavy atom. The minimum Gasteiger partial charge on any atom is -0.480 e. The van der Waals surface area contributed by atoms with Gasteiger partial charge in [-0.15, -0.1) is 0 Å². The van der Waals surface area contributed by atoms with Crippen molar-refractivity contribution in [3.63, 3.8) is 0 Å². The van der Waals surface area contributed by atoms with Gasteiger partial charge in [0.2, 0.25) is 5.88 Å². The van der Waals surface area contributed by atoms with Gasteiger partial charge < -0.3 is 19.5 Å². The van der Waals surface area contributed by atoms with Crippen LogP contribution in [0.4, 0.5) is 5.69 Å². The number of ether oxygens (including phenoxy) is 2. The van der Waals surface area contributed by atoms with Gasteiger partial charge in [-0.05, 0) is 12.5 Å². The SMILES string of the molecule is COc1ncc(-c2cc(N3CCC(O)C3)c(=O)n(C)n2)c(OC)n1. The van der Waals surface area contributed by atoms with Crippen LogP contribution in [0.1, 0.15) is 6.42 Å². The van der Waals surface area contributed by atoms with Crippen molar-refractivity contribution in [3.05, 3.63) is 22.6 Å². The monoisotopic (exact) mass is 333 g/mol. The highest BCUT2D eigenvalue weighted by Crippen LogP contribution is 2.29. The van der Waals surface area contributed by atoms with Crippen molar-refractivity contribution >= 4 is 5.69 Å². The van der Waals surface area contributed by atoms with Gasteiger partial charge in [0.05, 0.1) is 25.9 Å². The van der Waals surface area contributed by atoms with Crippen LogP contribution in [0.15, 0.2) is 17.1 Å². The highest BCUT2D eigenvalue weighted by molar-refractivity contribution is 5.67. The minimum absolute atomic E-state index is 0.184. The third-order valence-electron chi connectivity index (χ3n) is 3.93. The highest BCUT2D eigenvalue weighted by atomic mass is 16.5. The van der Waals surface area contributed by atoms with E-state index in [1.54, 1.807) is 19.3 Å². The third-order valence-corrected chi connectivity index (χ3v) is 3.93. The number of anilines is 1. The van der Waals surface area contributed by atoms with Crippen LogP contribution in [0.2, 0.25) is 0 Å². The Bertz CT molecular complexity index is 807. The summed E-state index contributed by atoms with van der Waals surface area (Å²) < 4.78 is 11.5. The summed E-state index contributed by atoms with van der Waals surface area (Å²) in [7, 11) is 4.54. The molecule has 2 aromatic rings. The lowest BCUT2D eigenvalue weighted by Crippen LogP contribution is -2.31. The molecule has 0 radical (unpaired) electrons. The van der Waals surface area contributed by atoms with Crippen molar-refractivity contribution in [2.45, 2.75) is 12.5 Å². The number of nitrogens with zero attached hydrogens (tertiary/aromatic N) is 5. The number of β-amino-alcohol motifs (C(OH)–C–C–N with tert-alkyl or cyclic N) is 1. The lowest BCUT2D eigenvalue weighted by atomic mass is 10.2. The van der Waals surface area contributed by atoms with E-state index in [0.29, 0.717) is 42.3 Å². The Morgan fingerprint density at radius 1 is 1.33 bits per heavy atom. The number of aliphatic hydroxyl groups excluding tert-OH is 1. The van der Waals surface area contributed by atoms with Crippen LogP contribution < -0.4 is 19.9 Å². The summed E-state index contributed by atoms with van der Waals surface area (Å²) >= 11 is 0. The molecule has 3 rings (SSSR count). The Labute approximate surface area is 138 Å². The first-order valence-electron chi connectivity index (χ1n) is 7.50. The summed E-state index contributed by atoms with van der Waals surface area (Å²) in [6.07, 6.45) is 1.75. The molecule has 0 aliphatic carbocycles. The number of aliphatic hydroxyl groups is 1. The Morgan fingerprint density at radius 2 is 2.12 bits per heavy atom. The Kier molecular flexibility index (Phi) is 4.34. The quantitative estimate of drug-likeness (QED) is 0.822. The molecule has 1 fully saturated rings. The van der Waals surface area contributed by atoms with E-state index in [-0.39, 0.29) is 11.6 Å². The zero-order valence-electron chi connectivity index (χ0n) is 13.8. The molecule has 1 saturated heterocycles. The Balaban J connectivity index is 2.09. The van der Waals surface area contributed by atoms with E-state index in [1.165, 1.54) is 18.9 Å². The minimum atomic E-state index is -0.426. The summed E-state index contributed by atoms with van der Waals surface area (Å²) in [5.74, 6) is 0.306. The summed E-state index contributed by atoms with van der Waals surface area (Å²) in [6.45, 7) is 1.05. The van der Waals surface area contributed by atoms with Crippen molar-refractivity contribution in [2.24, 2.45) is 7.05 Å². The first-order chi connectivity index (χ1) is 11.5. The molecule has 24 heavy (non-hydrogen) atoms. The van der Waals surface area contributed by atoms with Crippen LogP contribution in [0.25, 0.3) is 11.3 Å². The molecule has 0 saturated carbocycles. The number of hydrogen-bond acceptors (Lipinski definition) is 8. The molecule has 0 spiro atoms. The number of aryl methyl sites for hydroxylation is 1. The van der Waals surface area contributed by atoms with Crippen LogP contribution in [0.3, 0.4) is 0 Å². The summed E-state index contributed by atoms with van der Waals surface area (Å²) in [5, 5.41) is 14.0. The highest BCUT2D eigenvalue weighted by Gasteiger charge is 2.24. The molecule has 0 bridgehead atoms. The van der Waals surface area contributed by atoms with Crippen molar-refractivity contribution in [1.82, 2.24) is 19.7 Å². The summed E-state index contributed by atoms with van der Waals surface area (Å²) in [5.41, 5.74) is 1.32. The molecule has 9 nitrogen and oxygen atoms in total. The van der Waals surface area contributed by atoms with Crippen LogP contribution in [0.5, 0.6) is 11.9 Å². The third kappa shape index (κ3) is 2.90. The van der Waals surface area contributed by atoms with Crippen LogP contribution in [-0.4, -0.2) is 58.3 Å². The fourth-order valence-electron chi connectivity index (χ4n) is 2.69. The van der Waals surface area contributed by atoms with E-state index in [4.69, 9.17) is 9.47 Å². The van der Waals surface area contributed by atoms with Gasteiger partial charge in [-0.2, -0.15) is 10.1 Å². The maximum Gasteiger partial charge on any atom is 0.319 e. The zero-order valence-corrected chi connectivity index (χ0v) is 13.8. The van der Waals surface area contributed by atoms with E-state index >= 15 is 0 Å². The summed E-state index contributed by atoms with van der Waals surface area (Å²) in [6, 6.07) is 1.86. The second-order valence-corrected chi connectivity index (χ2v) is 5.51. The maximum atomic E-state index is 12.4. The largest absolute Gasteiger partial charge is 0.480 e. The van der Waals surface area contributed by atoms with Crippen LogP contribution >= 0.6 is 0 Å². The van der Waals surface area contributed by atoms with Crippen molar-refractivity contribution in [3.8, 4) is 23.1 Å². The van der Waals surface area contributed by atoms with Crippen LogP contribution in [-0.2, 0) is 7.05 Å². The normalized spacial score (nSPS) is 17.2. The van der Waals surface area contributed by atoms with Gasteiger partial charge in [0.1, 0.15) is 11.4 Å². The molecular weight excluding hydrogens is 314 g/mol. The number of rotatable bonds is 4. The molecule has 1 unspecified atom stereocenters. The molecule has 3 heterocycles. The van der Waals surface area contributed by atoms with E-state index in [1.807, 2.05) is 4.90 Å². The average Bonchev–Trinajstić information content (AvgIpc) is 3.02. The average molecular weight is 333 g/mol. The molecule has 1 aliphatic rings. The molecule has 1 N–H and O–H groups in total. The second kappa shape index (κ2) is 6.44. The van der Waals surface area contributed by atoms with E-state index < -0.39 is 6.10 Å². The number of hydrogen-bond donors (Lipinski definition) is 1. The molecule has 9 heteroatoms. The molecule has 0 aromatic carbocycles. The van der Waals surface area contributed by atoms with Gasteiger partial charge in [-0.25, -0.2) is 9.67 Å². The predicted molar refractivity (Wildman–Crippen MR) is 86.4 cm³/mol. The topological polar surface area (TPSA) is 103 Å². The number of aromatic nitrogens is 4. The standard InChI is InChI=1S/C15H19N5O4/c1-19-14(22)12(20-5-4-9(21)8-20)6-11(18-19)10-7-16-15(24-3)17-13(10)23-2/h6-7,9,21H,4-5,8H2,1-3H3. The smallest absolute Gasteiger partial charge is 0.319 e. The van der Waals surface area contributed by atoms with E-state index in [0.717, 1.165) is 0 Å². The van der Waals surface area contributed by atoms with Crippen molar-refractivity contribution in [1.29, 1.82) is 0 Å². The van der Waals surface area contributed by atoms with Crippen molar-refractivity contribution < 1.29 is 14.6 Å². The van der Waals surface area contributed by atoms with E-state index in [2.05, 4.69) is 15.1 Å². The van der Waals surface area contributed by atoms with Gasteiger partial charge in [0.25, 0.3) is 5.56 Å². The lowest BCUT2D eigenvalue weighted by Gasteiger charge is -2.18. The molecule has 2 aromatic heterocycles. The number of methoxy groups -OCH3 is 2. The van der Waals surface area contributed by atoms with Gasteiger partial charge in [0.15, 0.2) is 0 Å². The van der Waals surface area contributed by atoms with E-state index in [9.17, 15) is 9.90 Å². The van der Waals surface area contributed by atoms with Gasteiger partial charge >= 0.3 is 6.01 Å². The molecule has 1 aliphatic heterocycles. The zero-order chi connectivity index (χ0) is 17.3. The van der Waals surface area contributed by atoms with Gasteiger partial charge in [-0.1, -0.05) is 0 Å². The first-order valence-corrected chi connectivity index (χ1v) is 7.50. The molecule has 0 amide bonds.